The number of anilines is 1. The molecule has 0 fully saturated rings. The van der Waals surface area contributed by atoms with Crippen molar-refractivity contribution in [2.45, 2.75) is 0 Å². The number of carbonyl (C=O) groups is 1. The molecule has 0 bridgehead atoms. The minimum atomic E-state index is -0.330. The van der Waals surface area contributed by atoms with Gasteiger partial charge in [0.15, 0.2) is 5.13 Å². The maximum Gasteiger partial charge on any atom is 0.261 e. The maximum absolute atomic E-state index is 13.5. The fourth-order valence-corrected chi connectivity index (χ4v) is 3.93. The third-order valence-corrected chi connectivity index (χ3v) is 5.40. The Balaban J connectivity index is 2.01. The minimum absolute atomic E-state index is 0.257. The standard InChI is InChI=1S/C18H16Cl2FN3OS/c1-23(2)7-8-24(17(25)13-5-3-11(19)9-14(13)20)18-22-15-6-4-12(21)10-16(15)26-18/h3-6,9-10H,7-8H2,1-2H3/p+1. The molecule has 0 unspecified atom stereocenters. The Kier molecular flexibility index (Phi) is 5.77. The molecule has 0 aliphatic rings. The van der Waals surface area contributed by atoms with E-state index in [1.54, 1.807) is 29.2 Å². The van der Waals surface area contributed by atoms with E-state index in [4.69, 9.17) is 23.2 Å². The number of rotatable bonds is 5. The molecular weight excluding hydrogens is 396 g/mol. The third-order valence-electron chi connectivity index (χ3n) is 3.81. The van der Waals surface area contributed by atoms with E-state index in [9.17, 15) is 9.18 Å². The van der Waals surface area contributed by atoms with E-state index in [2.05, 4.69) is 4.98 Å². The summed E-state index contributed by atoms with van der Waals surface area (Å²) in [5.41, 5.74) is 1.01. The van der Waals surface area contributed by atoms with Crippen molar-refractivity contribution in [2.24, 2.45) is 0 Å². The van der Waals surface area contributed by atoms with Crippen molar-refractivity contribution in [1.82, 2.24) is 4.98 Å². The van der Waals surface area contributed by atoms with Crippen LogP contribution in [0.1, 0.15) is 10.4 Å². The van der Waals surface area contributed by atoms with Gasteiger partial charge in [0.2, 0.25) is 0 Å². The molecule has 26 heavy (non-hydrogen) atoms. The number of nitrogens with one attached hydrogen (secondary N) is 1. The van der Waals surface area contributed by atoms with Gasteiger partial charge in [0.1, 0.15) is 5.82 Å². The Morgan fingerprint density at radius 3 is 2.69 bits per heavy atom. The van der Waals surface area contributed by atoms with Gasteiger partial charge in [-0.15, -0.1) is 0 Å². The molecule has 0 atom stereocenters. The predicted octanol–water partition coefficient (Wildman–Crippen LogP) is 3.53. The van der Waals surface area contributed by atoms with Crippen LogP contribution in [0.5, 0.6) is 0 Å². The summed E-state index contributed by atoms with van der Waals surface area (Å²) < 4.78 is 14.2. The quantitative estimate of drug-likeness (QED) is 0.695. The van der Waals surface area contributed by atoms with Crippen LogP contribution >= 0.6 is 34.5 Å². The number of benzene rings is 2. The lowest BCUT2D eigenvalue weighted by Crippen LogP contribution is -3.06. The molecule has 4 nitrogen and oxygen atoms in total. The Morgan fingerprint density at radius 2 is 2.00 bits per heavy atom. The third kappa shape index (κ3) is 4.15. The van der Waals surface area contributed by atoms with Crippen molar-refractivity contribution in [3.8, 4) is 0 Å². The first-order valence-electron chi connectivity index (χ1n) is 7.97. The van der Waals surface area contributed by atoms with Crippen LogP contribution < -0.4 is 9.80 Å². The minimum Gasteiger partial charge on any atom is -0.338 e. The lowest BCUT2D eigenvalue weighted by Gasteiger charge is -2.21. The Hall–Kier alpha value is -1.73. The summed E-state index contributed by atoms with van der Waals surface area (Å²) in [7, 11) is 4.01. The number of halogens is 3. The molecule has 1 amide bonds. The first-order valence-corrected chi connectivity index (χ1v) is 9.54. The van der Waals surface area contributed by atoms with Crippen LogP contribution in [-0.4, -0.2) is 38.1 Å². The smallest absolute Gasteiger partial charge is 0.261 e. The number of quaternary nitrogens is 1. The molecule has 1 N–H and O–H groups in total. The second-order valence-electron chi connectivity index (χ2n) is 6.15. The van der Waals surface area contributed by atoms with Gasteiger partial charge in [-0.05, 0) is 36.4 Å². The van der Waals surface area contributed by atoms with Crippen LogP contribution in [0.2, 0.25) is 10.0 Å². The normalized spacial score (nSPS) is 11.3. The Labute approximate surface area is 164 Å². The van der Waals surface area contributed by atoms with Crippen molar-refractivity contribution in [2.75, 3.05) is 32.1 Å². The maximum atomic E-state index is 13.5. The summed E-state index contributed by atoms with van der Waals surface area (Å²) in [5, 5.41) is 1.27. The molecule has 0 saturated heterocycles. The zero-order valence-corrected chi connectivity index (χ0v) is 16.6. The Morgan fingerprint density at radius 1 is 1.23 bits per heavy atom. The van der Waals surface area contributed by atoms with E-state index in [0.717, 1.165) is 6.54 Å². The highest BCUT2D eigenvalue weighted by Crippen LogP contribution is 2.31. The molecular formula is C18H17Cl2FN3OS+. The number of carbonyl (C=O) groups excluding carboxylic acids is 1. The lowest BCUT2D eigenvalue weighted by atomic mass is 10.2. The van der Waals surface area contributed by atoms with Gasteiger partial charge in [0, 0.05) is 5.02 Å². The fourth-order valence-electron chi connectivity index (χ4n) is 2.43. The summed E-state index contributed by atoms with van der Waals surface area (Å²) in [6.07, 6.45) is 0. The largest absolute Gasteiger partial charge is 0.338 e. The molecule has 3 rings (SSSR count). The van der Waals surface area contributed by atoms with Gasteiger partial charge in [-0.2, -0.15) is 0 Å². The van der Waals surface area contributed by atoms with Crippen molar-refractivity contribution in [3.05, 3.63) is 57.8 Å². The van der Waals surface area contributed by atoms with Crippen LogP contribution in [0, 0.1) is 5.82 Å². The van der Waals surface area contributed by atoms with Crippen molar-refractivity contribution < 1.29 is 14.1 Å². The summed E-state index contributed by atoms with van der Waals surface area (Å²) in [6.45, 7) is 1.18. The molecule has 0 aliphatic carbocycles. The van der Waals surface area contributed by atoms with E-state index in [1.807, 2.05) is 14.1 Å². The van der Waals surface area contributed by atoms with Crippen LogP contribution in [0.25, 0.3) is 10.2 Å². The Bertz CT molecular complexity index is 961. The first-order chi connectivity index (χ1) is 12.3. The summed E-state index contributed by atoms with van der Waals surface area (Å²) in [6, 6.07) is 9.17. The average Bonchev–Trinajstić information content (AvgIpc) is 2.97. The van der Waals surface area contributed by atoms with Gasteiger partial charge in [-0.1, -0.05) is 34.5 Å². The van der Waals surface area contributed by atoms with Gasteiger partial charge in [0.05, 0.1) is 48.0 Å². The van der Waals surface area contributed by atoms with E-state index < -0.39 is 0 Å². The SMILES string of the molecule is C[NH+](C)CCN(C(=O)c1ccc(Cl)cc1Cl)c1nc2ccc(F)cc2s1. The molecule has 0 spiro atoms. The van der Waals surface area contributed by atoms with Crippen molar-refractivity contribution in [1.29, 1.82) is 0 Å². The zero-order chi connectivity index (χ0) is 18.8. The molecule has 136 valence electrons. The van der Waals surface area contributed by atoms with Gasteiger partial charge in [-0.25, -0.2) is 9.37 Å². The molecule has 0 saturated carbocycles. The van der Waals surface area contributed by atoms with Gasteiger partial charge in [0.25, 0.3) is 5.91 Å². The number of hydrogen-bond acceptors (Lipinski definition) is 3. The number of aromatic nitrogens is 1. The molecule has 8 heteroatoms. The highest BCUT2D eigenvalue weighted by atomic mass is 35.5. The highest BCUT2D eigenvalue weighted by Gasteiger charge is 2.24. The van der Waals surface area contributed by atoms with Crippen molar-refractivity contribution >= 4 is 55.8 Å². The molecule has 3 aromatic rings. The number of thiazole rings is 1. The highest BCUT2D eigenvalue weighted by molar-refractivity contribution is 7.22. The first kappa shape index (κ1) is 19.0. The van der Waals surface area contributed by atoms with Crippen LogP contribution in [0.15, 0.2) is 36.4 Å². The monoisotopic (exact) mass is 412 g/mol. The summed E-state index contributed by atoms with van der Waals surface area (Å²) in [5.74, 6) is -0.587. The average molecular weight is 413 g/mol. The summed E-state index contributed by atoms with van der Waals surface area (Å²) >= 11 is 13.4. The van der Waals surface area contributed by atoms with Crippen LogP contribution in [0.4, 0.5) is 9.52 Å². The second-order valence-corrected chi connectivity index (χ2v) is 8.00. The zero-order valence-electron chi connectivity index (χ0n) is 14.2. The van der Waals surface area contributed by atoms with E-state index in [1.165, 1.54) is 28.4 Å². The second kappa shape index (κ2) is 7.88. The van der Waals surface area contributed by atoms with E-state index in [-0.39, 0.29) is 16.7 Å². The van der Waals surface area contributed by atoms with Gasteiger partial charge >= 0.3 is 0 Å². The molecule has 2 aromatic carbocycles. The van der Waals surface area contributed by atoms with Gasteiger partial charge in [-0.3, -0.25) is 9.69 Å². The van der Waals surface area contributed by atoms with E-state index in [0.29, 0.717) is 32.5 Å². The topological polar surface area (TPSA) is 37.6 Å². The van der Waals surface area contributed by atoms with Crippen molar-refractivity contribution in [3.63, 3.8) is 0 Å². The number of fused-ring (bicyclic) bond motifs is 1. The summed E-state index contributed by atoms with van der Waals surface area (Å²) in [4.78, 5) is 20.4. The number of likely N-dealkylation sites (N-methyl/N-ethyl adjacent to an activating group) is 1. The molecule has 1 heterocycles. The molecule has 0 radical (unpaired) electrons. The van der Waals surface area contributed by atoms with Crippen LogP contribution in [-0.2, 0) is 0 Å². The molecule has 0 aliphatic heterocycles. The number of amides is 1. The van der Waals surface area contributed by atoms with Crippen LogP contribution in [0.3, 0.4) is 0 Å². The van der Waals surface area contributed by atoms with E-state index >= 15 is 0 Å². The number of hydrogen-bond donors (Lipinski definition) is 1. The predicted molar refractivity (Wildman–Crippen MR) is 105 cm³/mol. The number of nitrogens with zero attached hydrogens (tertiary/aromatic N) is 2. The lowest BCUT2D eigenvalue weighted by molar-refractivity contribution is -0.856. The van der Waals surface area contributed by atoms with Gasteiger partial charge < -0.3 is 4.90 Å². The fraction of sp³-hybridized carbons (Fsp3) is 0.222. The molecule has 1 aromatic heterocycles.